The molecule has 4 rings (SSSR count). The van der Waals surface area contributed by atoms with Crippen LogP contribution in [-0.2, 0) is 11.0 Å². The van der Waals surface area contributed by atoms with Gasteiger partial charge in [-0.1, -0.05) is 25.1 Å². The average molecular weight is 460 g/mol. The number of aromatic nitrogens is 1. The lowest BCUT2D eigenvalue weighted by Crippen LogP contribution is -2.48. The van der Waals surface area contributed by atoms with Gasteiger partial charge in [0.15, 0.2) is 0 Å². The van der Waals surface area contributed by atoms with E-state index in [0.29, 0.717) is 24.4 Å². The zero-order valence-corrected chi connectivity index (χ0v) is 18.8. The summed E-state index contributed by atoms with van der Waals surface area (Å²) in [5.74, 6) is 0.0726. The van der Waals surface area contributed by atoms with Crippen molar-refractivity contribution in [2.24, 2.45) is 0 Å². The van der Waals surface area contributed by atoms with Crippen molar-refractivity contribution in [1.29, 1.82) is 0 Å². The van der Waals surface area contributed by atoms with E-state index in [9.17, 15) is 18.0 Å². The second-order valence-corrected chi connectivity index (χ2v) is 8.35. The van der Waals surface area contributed by atoms with Crippen molar-refractivity contribution in [3.05, 3.63) is 65.4 Å². The van der Waals surface area contributed by atoms with Gasteiger partial charge in [-0.25, -0.2) is 0 Å². The van der Waals surface area contributed by atoms with Crippen LogP contribution in [0.4, 0.5) is 13.2 Å². The van der Waals surface area contributed by atoms with E-state index < -0.39 is 17.7 Å². The number of amides is 1. The fraction of sp³-hybridized carbons (Fsp3) is 0.400. The Bertz CT molecular complexity index is 1120. The minimum Gasteiger partial charge on any atom is -0.497 e. The van der Waals surface area contributed by atoms with Gasteiger partial charge in [-0.15, -0.1) is 0 Å². The van der Waals surface area contributed by atoms with Crippen molar-refractivity contribution >= 4 is 16.8 Å². The van der Waals surface area contributed by atoms with Crippen LogP contribution in [0.3, 0.4) is 0 Å². The number of methoxy groups -OCH3 is 1. The van der Waals surface area contributed by atoms with Gasteiger partial charge in [0.25, 0.3) is 0 Å². The molecular weight excluding hydrogens is 431 g/mol. The molecule has 3 aromatic rings. The van der Waals surface area contributed by atoms with Gasteiger partial charge in [0.1, 0.15) is 5.75 Å². The van der Waals surface area contributed by atoms with Gasteiger partial charge in [-0.3, -0.25) is 4.79 Å². The van der Waals surface area contributed by atoms with Crippen molar-refractivity contribution in [3.8, 4) is 5.75 Å². The van der Waals surface area contributed by atoms with E-state index in [4.69, 9.17) is 4.74 Å². The van der Waals surface area contributed by atoms with Crippen LogP contribution in [0.15, 0.2) is 48.7 Å². The first-order valence-corrected chi connectivity index (χ1v) is 11.1. The highest BCUT2D eigenvalue weighted by Gasteiger charge is 2.32. The molecule has 33 heavy (non-hydrogen) atoms. The number of benzene rings is 2. The Balaban J connectivity index is 1.71. The quantitative estimate of drug-likeness (QED) is 0.572. The third-order valence-corrected chi connectivity index (χ3v) is 6.46. The summed E-state index contributed by atoms with van der Waals surface area (Å²) in [4.78, 5) is 20.6. The van der Waals surface area contributed by atoms with Gasteiger partial charge < -0.3 is 19.5 Å². The van der Waals surface area contributed by atoms with Crippen LogP contribution in [0.1, 0.15) is 36.0 Å². The molecule has 0 bridgehead atoms. The molecule has 2 aromatic carbocycles. The number of alkyl halides is 3. The fourth-order valence-electron chi connectivity index (χ4n) is 4.49. The second kappa shape index (κ2) is 9.47. The third-order valence-electron chi connectivity index (χ3n) is 6.46. The summed E-state index contributed by atoms with van der Waals surface area (Å²) in [6.45, 7) is 5.90. The predicted molar refractivity (Wildman–Crippen MR) is 121 cm³/mol. The maximum atomic E-state index is 13.4. The highest BCUT2D eigenvalue weighted by Crippen LogP contribution is 2.38. The molecule has 1 unspecified atom stereocenters. The van der Waals surface area contributed by atoms with E-state index in [1.54, 1.807) is 19.4 Å². The number of fused-ring (bicyclic) bond motifs is 1. The molecular formula is C25H28F3N3O2. The number of nitrogens with one attached hydrogen (secondary N) is 1. The number of halogens is 3. The first-order chi connectivity index (χ1) is 15.8. The van der Waals surface area contributed by atoms with Crippen LogP contribution in [0.5, 0.6) is 5.75 Å². The molecule has 0 radical (unpaired) electrons. The number of H-pyrrole nitrogens is 1. The van der Waals surface area contributed by atoms with Crippen LogP contribution in [0.2, 0.25) is 0 Å². The Morgan fingerprint density at radius 1 is 1.12 bits per heavy atom. The molecule has 2 heterocycles. The minimum absolute atomic E-state index is 0.0505. The Labute approximate surface area is 191 Å². The van der Waals surface area contributed by atoms with Gasteiger partial charge in [-0.05, 0) is 41.9 Å². The molecule has 0 aliphatic carbocycles. The molecule has 8 heteroatoms. The Kier molecular flexibility index (Phi) is 6.65. The topological polar surface area (TPSA) is 48.6 Å². The lowest BCUT2D eigenvalue weighted by molar-refractivity contribution is -0.137. The molecule has 1 aromatic heterocycles. The fourth-order valence-corrected chi connectivity index (χ4v) is 4.49. The summed E-state index contributed by atoms with van der Waals surface area (Å²) in [7, 11) is 1.57. The molecule has 176 valence electrons. The number of hydrogen-bond donors (Lipinski definition) is 1. The summed E-state index contributed by atoms with van der Waals surface area (Å²) < 4.78 is 45.7. The predicted octanol–water partition coefficient (Wildman–Crippen LogP) is 4.88. The Hall–Kier alpha value is -3.00. The molecule has 1 N–H and O–H groups in total. The number of carbonyl (C=O) groups excluding carboxylic acids is 1. The number of carbonyl (C=O) groups is 1. The van der Waals surface area contributed by atoms with Gasteiger partial charge in [0.2, 0.25) is 5.91 Å². The summed E-state index contributed by atoms with van der Waals surface area (Å²) in [5.41, 5.74) is 1.37. The molecule has 5 nitrogen and oxygen atoms in total. The molecule has 0 saturated carbocycles. The van der Waals surface area contributed by atoms with Crippen molar-refractivity contribution in [1.82, 2.24) is 14.8 Å². The van der Waals surface area contributed by atoms with E-state index >= 15 is 0 Å². The number of piperazine rings is 1. The maximum Gasteiger partial charge on any atom is 0.416 e. The molecule has 1 amide bonds. The molecule has 0 spiro atoms. The number of likely N-dealkylation sites (N-methyl/N-ethyl adjacent to an activating group) is 1. The first kappa shape index (κ1) is 23.2. The zero-order valence-electron chi connectivity index (χ0n) is 18.8. The smallest absolute Gasteiger partial charge is 0.416 e. The SMILES string of the molecule is CCN1CCN(C(=O)CC(c2cccc(C(F)(F)F)c2)c2c[nH]c3ccc(OC)cc23)CC1. The number of nitrogens with zero attached hydrogens (tertiary/aromatic N) is 2. The first-order valence-electron chi connectivity index (χ1n) is 11.1. The summed E-state index contributed by atoms with van der Waals surface area (Å²) >= 11 is 0. The highest BCUT2D eigenvalue weighted by atomic mass is 19.4. The van der Waals surface area contributed by atoms with E-state index in [2.05, 4.69) is 16.8 Å². The molecule has 1 saturated heterocycles. The van der Waals surface area contributed by atoms with E-state index in [0.717, 1.165) is 48.2 Å². The van der Waals surface area contributed by atoms with E-state index in [1.165, 1.54) is 6.07 Å². The maximum absolute atomic E-state index is 13.4. The largest absolute Gasteiger partial charge is 0.497 e. The summed E-state index contributed by atoms with van der Waals surface area (Å²) in [6.07, 6.45) is -2.57. The van der Waals surface area contributed by atoms with Crippen molar-refractivity contribution in [2.75, 3.05) is 39.8 Å². The highest BCUT2D eigenvalue weighted by molar-refractivity contribution is 5.87. The van der Waals surface area contributed by atoms with Crippen LogP contribution >= 0.6 is 0 Å². The number of aromatic amines is 1. The van der Waals surface area contributed by atoms with E-state index in [1.807, 2.05) is 23.1 Å². The van der Waals surface area contributed by atoms with Gasteiger partial charge in [0, 0.05) is 55.6 Å². The van der Waals surface area contributed by atoms with Crippen molar-refractivity contribution < 1.29 is 22.7 Å². The van der Waals surface area contributed by atoms with Gasteiger partial charge in [-0.2, -0.15) is 13.2 Å². The standard InChI is InChI=1S/C25H28F3N3O2/c1-3-30-9-11-31(12-10-30)24(32)15-20(17-5-4-6-18(13-17)25(26,27)28)22-16-29-23-8-7-19(33-2)14-21(22)23/h4-8,13-14,16,20,29H,3,9-12,15H2,1-2H3. The van der Waals surface area contributed by atoms with E-state index in [-0.39, 0.29) is 12.3 Å². The third kappa shape index (κ3) is 5.00. The average Bonchev–Trinajstić information content (AvgIpc) is 3.24. The number of rotatable bonds is 6. The van der Waals surface area contributed by atoms with Crippen molar-refractivity contribution in [2.45, 2.75) is 25.4 Å². The molecule has 1 aliphatic heterocycles. The van der Waals surface area contributed by atoms with Crippen molar-refractivity contribution in [3.63, 3.8) is 0 Å². The second-order valence-electron chi connectivity index (χ2n) is 8.35. The minimum atomic E-state index is -4.45. The lowest BCUT2D eigenvalue weighted by atomic mass is 9.87. The zero-order chi connectivity index (χ0) is 23.6. The Morgan fingerprint density at radius 3 is 2.55 bits per heavy atom. The summed E-state index contributed by atoms with van der Waals surface area (Å²) in [6, 6.07) is 10.8. The monoisotopic (exact) mass is 459 g/mol. The Morgan fingerprint density at radius 2 is 1.88 bits per heavy atom. The lowest BCUT2D eigenvalue weighted by Gasteiger charge is -2.35. The normalized spacial score (nSPS) is 16.2. The van der Waals surface area contributed by atoms with Crippen LogP contribution in [0.25, 0.3) is 10.9 Å². The molecule has 1 fully saturated rings. The summed E-state index contributed by atoms with van der Waals surface area (Å²) in [5, 5.41) is 0.834. The number of ether oxygens (including phenoxy) is 1. The molecule has 1 aliphatic rings. The molecule has 1 atom stereocenters. The van der Waals surface area contributed by atoms with Crippen LogP contribution in [0, 0.1) is 0 Å². The van der Waals surface area contributed by atoms with Gasteiger partial charge in [0.05, 0.1) is 12.7 Å². The number of hydrogen-bond acceptors (Lipinski definition) is 3. The van der Waals surface area contributed by atoms with Crippen LogP contribution in [-0.4, -0.2) is 60.5 Å². The van der Waals surface area contributed by atoms with Gasteiger partial charge >= 0.3 is 6.18 Å². The van der Waals surface area contributed by atoms with Crippen LogP contribution < -0.4 is 4.74 Å².